The lowest BCUT2D eigenvalue weighted by Crippen LogP contribution is -2.05. The maximum absolute atomic E-state index is 5.80. The van der Waals surface area contributed by atoms with Crippen LogP contribution in [0, 0.1) is 13.8 Å². The Kier molecular flexibility index (Phi) is 3.10. The van der Waals surface area contributed by atoms with E-state index in [1.165, 1.54) is 0 Å². The number of rotatable bonds is 3. The molecule has 0 bridgehead atoms. The molecule has 0 aliphatic carbocycles. The topological polar surface area (TPSA) is 51.0 Å². The predicted octanol–water partition coefficient (Wildman–Crippen LogP) is 2.95. The van der Waals surface area contributed by atoms with E-state index in [-0.39, 0.29) is 5.28 Å². The molecule has 2 aromatic rings. The minimum atomic E-state index is 0.255. The van der Waals surface area contributed by atoms with Gasteiger partial charge in [0.25, 0.3) is 0 Å². The lowest BCUT2D eigenvalue weighted by Gasteiger charge is -2.09. The fourth-order valence-electron chi connectivity index (χ4n) is 1.35. The first-order valence-corrected chi connectivity index (χ1v) is 5.31. The van der Waals surface area contributed by atoms with Crippen LogP contribution in [-0.4, -0.2) is 9.97 Å². The van der Waals surface area contributed by atoms with Crippen molar-refractivity contribution in [2.24, 2.45) is 0 Å². The molecule has 0 radical (unpaired) electrons. The van der Waals surface area contributed by atoms with Gasteiger partial charge in [-0.1, -0.05) is 0 Å². The standard InChI is InChI=1S/C11H12ClN3O/c1-7-8(2)14-11(12)15-10(7)13-6-9-4-3-5-16-9/h3-5H,6H2,1-2H3,(H,13,14,15). The van der Waals surface area contributed by atoms with Crippen LogP contribution in [-0.2, 0) is 6.54 Å². The second-order valence-electron chi connectivity index (χ2n) is 3.48. The van der Waals surface area contributed by atoms with E-state index in [4.69, 9.17) is 16.0 Å². The Labute approximate surface area is 98.7 Å². The molecule has 2 aromatic heterocycles. The summed E-state index contributed by atoms with van der Waals surface area (Å²) >= 11 is 5.80. The molecule has 0 saturated heterocycles. The van der Waals surface area contributed by atoms with E-state index in [9.17, 15) is 0 Å². The first-order chi connectivity index (χ1) is 7.66. The normalized spacial score (nSPS) is 10.4. The molecule has 5 heteroatoms. The summed E-state index contributed by atoms with van der Waals surface area (Å²) in [5.74, 6) is 1.60. The van der Waals surface area contributed by atoms with Crippen molar-refractivity contribution in [3.8, 4) is 0 Å². The Bertz CT molecular complexity index is 482. The van der Waals surface area contributed by atoms with Crippen molar-refractivity contribution in [1.82, 2.24) is 9.97 Å². The summed E-state index contributed by atoms with van der Waals surface area (Å²) in [6.45, 7) is 4.44. The number of anilines is 1. The van der Waals surface area contributed by atoms with Crippen molar-refractivity contribution in [2.75, 3.05) is 5.32 Å². The van der Waals surface area contributed by atoms with Crippen LogP contribution in [0.3, 0.4) is 0 Å². The molecule has 1 N–H and O–H groups in total. The number of hydrogen-bond acceptors (Lipinski definition) is 4. The molecule has 4 nitrogen and oxygen atoms in total. The minimum Gasteiger partial charge on any atom is -0.467 e. The third-order valence-electron chi connectivity index (χ3n) is 2.37. The molecule has 0 atom stereocenters. The van der Waals surface area contributed by atoms with Crippen LogP contribution in [0.1, 0.15) is 17.0 Å². The summed E-state index contributed by atoms with van der Waals surface area (Å²) in [5.41, 5.74) is 1.87. The van der Waals surface area contributed by atoms with Crippen molar-refractivity contribution in [1.29, 1.82) is 0 Å². The van der Waals surface area contributed by atoms with Crippen LogP contribution in [0.2, 0.25) is 5.28 Å². The fourth-order valence-corrected chi connectivity index (χ4v) is 1.56. The first-order valence-electron chi connectivity index (χ1n) is 4.94. The number of aryl methyl sites for hydroxylation is 1. The maximum atomic E-state index is 5.80. The molecular formula is C11H12ClN3O. The summed E-state index contributed by atoms with van der Waals surface area (Å²) < 4.78 is 5.22. The summed E-state index contributed by atoms with van der Waals surface area (Å²) in [4.78, 5) is 8.20. The highest BCUT2D eigenvalue weighted by atomic mass is 35.5. The lowest BCUT2D eigenvalue weighted by molar-refractivity contribution is 0.517. The lowest BCUT2D eigenvalue weighted by atomic mass is 10.2. The molecule has 2 rings (SSSR count). The van der Waals surface area contributed by atoms with Crippen LogP contribution in [0.5, 0.6) is 0 Å². The zero-order chi connectivity index (χ0) is 11.5. The molecule has 0 aliphatic heterocycles. The highest BCUT2D eigenvalue weighted by molar-refractivity contribution is 6.28. The Morgan fingerprint density at radius 1 is 1.38 bits per heavy atom. The van der Waals surface area contributed by atoms with Gasteiger partial charge in [0.15, 0.2) is 0 Å². The molecule has 0 fully saturated rings. The van der Waals surface area contributed by atoms with Crippen molar-refractivity contribution in [2.45, 2.75) is 20.4 Å². The van der Waals surface area contributed by atoms with Crippen molar-refractivity contribution < 1.29 is 4.42 Å². The van der Waals surface area contributed by atoms with Gasteiger partial charge in [0.2, 0.25) is 5.28 Å². The van der Waals surface area contributed by atoms with E-state index >= 15 is 0 Å². The quantitative estimate of drug-likeness (QED) is 0.834. The van der Waals surface area contributed by atoms with Gasteiger partial charge in [-0.2, -0.15) is 0 Å². The third-order valence-corrected chi connectivity index (χ3v) is 2.54. The molecule has 2 heterocycles. The summed E-state index contributed by atoms with van der Waals surface area (Å²) in [6, 6.07) is 3.75. The van der Waals surface area contributed by atoms with E-state index in [1.807, 2.05) is 26.0 Å². The van der Waals surface area contributed by atoms with Crippen molar-refractivity contribution in [3.63, 3.8) is 0 Å². The summed E-state index contributed by atoms with van der Waals surface area (Å²) in [7, 11) is 0. The maximum Gasteiger partial charge on any atom is 0.224 e. The van der Waals surface area contributed by atoms with Gasteiger partial charge in [0.05, 0.1) is 12.8 Å². The number of nitrogens with zero attached hydrogens (tertiary/aromatic N) is 2. The number of halogens is 1. The van der Waals surface area contributed by atoms with Crippen LogP contribution < -0.4 is 5.32 Å². The van der Waals surface area contributed by atoms with Crippen LogP contribution in [0.25, 0.3) is 0 Å². The van der Waals surface area contributed by atoms with E-state index in [1.54, 1.807) is 6.26 Å². The highest BCUT2D eigenvalue weighted by Gasteiger charge is 2.06. The minimum absolute atomic E-state index is 0.255. The van der Waals surface area contributed by atoms with Gasteiger partial charge in [-0.15, -0.1) is 0 Å². The van der Waals surface area contributed by atoms with Gasteiger partial charge in [0, 0.05) is 11.3 Å². The van der Waals surface area contributed by atoms with Gasteiger partial charge >= 0.3 is 0 Å². The van der Waals surface area contributed by atoms with Gasteiger partial charge in [-0.3, -0.25) is 0 Å². The summed E-state index contributed by atoms with van der Waals surface area (Å²) in [5, 5.41) is 3.42. The van der Waals surface area contributed by atoms with Crippen molar-refractivity contribution >= 4 is 17.4 Å². The Balaban J connectivity index is 2.15. The Morgan fingerprint density at radius 2 is 2.19 bits per heavy atom. The third kappa shape index (κ3) is 2.33. The smallest absolute Gasteiger partial charge is 0.224 e. The molecule has 16 heavy (non-hydrogen) atoms. The average Bonchev–Trinajstić information content (AvgIpc) is 2.74. The van der Waals surface area contributed by atoms with Gasteiger partial charge < -0.3 is 9.73 Å². The van der Waals surface area contributed by atoms with E-state index in [2.05, 4.69) is 15.3 Å². The second kappa shape index (κ2) is 4.53. The van der Waals surface area contributed by atoms with E-state index in [0.717, 1.165) is 22.8 Å². The number of nitrogens with one attached hydrogen (secondary N) is 1. The molecule has 0 aliphatic rings. The highest BCUT2D eigenvalue weighted by Crippen LogP contribution is 2.17. The predicted molar refractivity (Wildman–Crippen MR) is 62.6 cm³/mol. The Hall–Kier alpha value is -1.55. The van der Waals surface area contributed by atoms with Crippen LogP contribution in [0.4, 0.5) is 5.82 Å². The fraction of sp³-hybridized carbons (Fsp3) is 0.273. The molecule has 0 amide bonds. The van der Waals surface area contributed by atoms with Crippen LogP contribution in [0.15, 0.2) is 22.8 Å². The number of furan rings is 1. The second-order valence-corrected chi connectivity index (χ2v) is 3.82. The molecular weight excluding hydrogens is 226 g/mol. The van der Waals surface area contributed by atoms with Gasteiger partial charge in [-0.05, 0) is 37.6 Å². The molecule has 0 saturated carbocycles. The average molecular weight is 238 g/mol. The molecule has 0 spiro atoms. The number of hydrogen-bond donors (Lipinski definition) is 1. The first kappa shape index (κ1) is 11.0. The van der Waals surface area contributed by atoms with Crippen molar-refractivity contribution in [3.05, 3.63) is 40.7 Å². The molecule has 84 valence electrons. The largest absolute Gasteiger partial charge is 0.467 e. The zero-order valence-electron chi connectivity index (χ0n) is 9.12. The van der Waals surface area contributed by atoms with Gasteiger partial charge in [0.1, 0.15) is 11.6 Å². The van der Waals surface area contributed by atoms with Gasteiger partial charge in [-0.25, -0.2) is 9.97 Å². The number of aromatic nitrogens is 2. The van der Waals surface area contributed by atoms with E-state index < -0.39 is 0 Å². The van der Waals surface area contributed by atoms with Crippen LogP contribution >= 0.6 is 11.6 Å². The van der Waals surface area contributed by atoms with E-state index in [0.29, 0.717) is 6.54 Å². The monoisotopic (exact) mass is 237 g/mol. The zero-order valence-corrected chi connectivity index (χ0v) is 9.88. The SMILES string of the molecule is Cc1nc(Cl)nc(NCc2ccco2)c1C. The summed E-state index contributed by atoms with van der Waals surface area (Å²) in [6.07, 6.45) is 1.64. The molecule has 0 unspecified atom stereocenters. The molecule has 0 aromatic carbocycles. The Morgan fingerprint density at radius 3 is 2.88 bits per heavy atom.